The van der Waals surface area contributed by atoms with Crippen LogP contribution in [0, 0.1) is 0 Å². The summed E-state index contributed by atoms with van der Waals surface area (Å²) in [5.74, 6) is 5.22. The number of aromatic nitrogens is 26. The number of ether oxygens (including phenoxy) is 2. The molecular weight excluding hydrogens is 1680 g/mol. The molecule has 2 unspecified atom stereocenters. The van der Waals surface area contributed by atoms with Crippen molar-refractivity contribution in [1.82, 2.24) is 142 Å². The first-order valence-electron chi connectivity index (χ1n) is 43.7. The van der Waals surface area contributed by atoms with Crippen LogP contribution in [0.1, 0.15) is 68.0 Å². The van der Waals surface area contributed by atoms with E-state index >= 15 is 0 Å². The number of nitrogens with zero attached hydrogens (tertiary/aromatic N) is 26. The summed E-state index contributed by atoms with van der Waals surface area (Å²) in [7, 11) is 9.52. The molecule has 0 spiro atoms. The molecule has 132 heavy (non-hydrogen) atoms. The van der Waals surface area contributed by atoms with Crippen LogP contribution in [0.3, 0.4) is 0 Å². The highest BCUT2D eigenvalue weighted by molar-refractivity contribution is 7.13. The number of aryl methyl sites for hydroxylation is 6. The van der Waals surface area contributed by atoms with Gasteiger partial charge in [-0.25, -0.2) is 54.8 Å². The zero-order valence-corrected chi connectivity index (χ0v) is 74.5. The van der Waals surface area contributed by atoms with Crippen molar-refractivity contribution >= 4 is 102 Å². The van der Waals surface area contributed by atoms with Gasteiger partial charge in [0.2, 0.25) is 0 Å². The van der Waals surface area contributed by atoms with E-state index in [1.165, 1.54) is 35.2 Å². The summed E-state index contributed by atoms with van der Waals surface area (Å²) >= 11 is 1.59. The zero-order chi connectivity index (χ0) is 89.5. The van der Waals surface area contributed by atoms with Gasteiger partial charge in [-0.1, -0.05) is 24.3 Å². The van der Waals surface area contributed by atoms with Gasteiger partial charge in [-0.05, 0) is 137 Å². The predicted octanol–water partition coefficient (Wildman–Crippen LogP) is 14.8. The summed E-state index contributed by atoms with van der Waals surface area (Å²) in [6.07, 6.45) is 53.8. The highest BCUT2D eigenvalue weighted by Gasteiger charge is 2.24. The number of hydrogen-bond donors (Lipinski definition) is 9. The van der Waals surface area contributed by atoms with E-state index in [9.17, 15) is 0 Å². The lowest BCUT2D eigenvalue weighted by molar-refractivity contribution is 0.223. The first-order valence-corrected chi connectivity index (χ1v) is 44.6. The van der Waals surface area contributed by atoms with Crippen molar-refractivity contribution in [3.63, 3.8) is 0 Å². The minimum absolute atomic E-state index is 0.126. The van der Waals surface area contributed by atoms with E-state index in [0.717, 1.165) is 206 Å². The Bertz CT molecular complexity index is 7250. The molecule has 0 radical (unpaired) electrons. The van der Waals surface area contributed by atoms with Crippen molar-refractivity contribution in [3.8, 4) is 67.8 Å². The van der Waals surface area contributed by atoms with Crippen molar-refractivity contribution < 1.29 is 9.47 Å². The predicted molar refractivity (Wildman–Crippen MR) is 510 cm³/mol. The van der Waals surface area contributed by atoms with Gasteiger partial charge in [0.25, 0.3) is 0 Å². The number of rotatable bonds is 20. The van der Waals surface area contributed by atoms with Crippen LogP contribution in [-0.4, -0.2) is 171 Å². The van der Waals surface area contributed by atoms with E-state index in [4.69, 9.17) is 14.5 Å². The average Bonchev–Trinajstić information content (AvgIpc) is 1.66. The van der Waals surface area contributed by atoms with E-state index in [1.807, 2.05) is 244 Å². The SMILES string of the molecule is CC(C)Oc1cccc(Nc2nccn3c(-c4cnn(C)c4)cnc23)c1.Cn1cc(-c2cnc3c(Nc4ccc5c(c4)CNCC5)nccn23)cn1.Cn1cc(-c2cnc3c(Nc4ccc5c(c4)NCCC5)nccn23)cn1.Cn1cc(-c2cnc3c(Nc4cccc(OC5CCNC5)c4)nccn23)cn1.Cn1cc(-c2cnc3c(Nc4nc(C5CCCN5)cs4)nccn23)cn1. The van der Waals surface area contributed by atoms with Crippen molar-refractivity contribution in [2.45, 2.75) is 77.2 Å². The molecule has 666 valence electrons. The standard InChI is InChI=1S/C20H21N7O.2C19H19N7.C19H20N6O.C17H18N8S/c1-26-13-14(10-24-26)18-12-23-20-19(22-7-8-27(18)20)25-15-3-2-4-16(9-15)28-17-5-6-21-11-17;1-25-12-15(10-23-25)17-11-22-19-18(21-6-7-26(17)19)24-16-3-2-13-4-5-20-9-14(13)8-16;1-25-12-14(10-23-25)17-11-22-19-18(21-7-8-26(17)19)24-15-5-4-13-3-2-6-20-16(13)9-15;1-13(2)26-16-6-4-5-15(9-16)23-18-19-21-11-17(25(19)8-7-20-18)14-10-22-24(3)12-14;1-24-9-11(7-21-24)14-8-20-16-15(19-5-6-25(14)16)23-17-22-13(10-26-17)12-3-2-4-18-12/h2-4,7-10,12-13,17,21H,5-6,11H2,1H3,(H,22,25);2-3,6-8,10-12,20H,4-5,9H2,1H3,(H,21,24);4-5,7-12,20H,2-3,6H2,1H3,(H,21,24);4-13H,1-3H3,(H,20,23);5-10,12,18H,2-4H2,1H3,(H,19,22,23). The molecule has 16 aromatic heterocycles. The van der Waals surface area contributed by atoms with Gasteiger partial charge in [-0.15, -0.1) is 11.3 Å². The molecule has 2 saturated heterocycles. The van der Waals surface area contributed by atoms with Crippen LogP contribution < -0.4 is 57.3 Å². The Labute approximate surface area is 761 Å². The molecule has 4 aliphatic rings. The third-order valence-corrected chi connectivity index (χ3v) is 23.6. The smallest absolute Gasteiger partial charge is 0.188 e. The summed E-state index contributed by atoms with van der Waals surface area (Å²) in [6, 6.07) is 29.1. The summed E-state index contributed by atoms with van der Waals surface area (Å²) in [4.78, 5) is 49.9. The molecule has 0 bridgehead atoms. The van der Waals surface area contributed by atoms with E-state index < -0.39 is 0 Å². The normalized spacial score (nSPS) is 14.5. The van der Waals surface area contributed by atoms with E-state index in [0.29, 0.717) is 23.5 Å². The number of fused-ring (bicyclic) bond motifs is 7. The fourth-order valence-corrected chi connectivity index (χ4v) is 17.3. The Morgan fingerprint density at radius 1 is 0.402 bits per heavy atom. The lowest BCUT2D eigenvalue weighted by Crippen LogP contribution is -2.23. The molecule has 24 rings (SSSR count). The minimum atomic E-state index is 0.126. The van der Waals surface area contributed by atoms with Gasteiger partial charge in [-0.3, -0.25) is 45.4 Å². The summed E-state index contributed by atoms with van der Waals surface area (Å²) in [5.41, 5.74) is 24.1. The fourth-order valence-electron chi connectivity index (χ4n) is 16.5. The molecule has 0 saturated carbocycles. The molecule has 2 atom stereocenters. The quantitative estimate of drug-likeness (QED) is 0.0342. The Kier molecular flexibility index (Phi) is 24.0. The average molecular weight is 1780 g/mol. The maximum absolute atomic E-state index is 6.05. The van der Waals surface area contributed by atoms with Gasteiger partial charge < -0.3 is 57.3 Å². The molecule has 38 heteroatoms. The monoisotopic (exact) mass is 1780 g/mol. The minimum Gasteiger partial charge on any atom is -0.491 e. The summed E-state index contributed by atoms with van der Waals surface area (Å²) < 4.78 is 30.8. The number of hydrogen-bond acceptors (Lipinski definition) is 28. The van der Waals surface area contributed by atoms with Crippen LogP contribution in [0.25, 0.3) is 84.5 Å². The van der Waals surface area contributed by atoms with Crippen LogP contribution >= 0.6 is 11.3 Å². The Morgan fingerprint density at radius 2 is 0.833 bits per heavy atom. The van der Waals surface area contributed by atoms with Gasteiger partial charge in [0.05, 0.1) is 108 Å². The topological polar surface area (TPSA) is 380 Å². The molecule has 37 nitrogen and oxygen atoms in total. The van der Waals surface area contributed by atoms with Crippen LogP contribution in [0.4, 0.5) is 62.7 Å². The van der Waals surface area contributed by atoms with Crippen LogP contribution in [0.15, 0.2) is 245 Å². The summed E-state index contributed by atoms with van der Waals surface area (Å²) in [6.45, 7) is 9.97. The summed E-state index contributed by atoms with van der Waals surface area (Å²) in [5, 5.41) is 54.7. The Balaban J connectivity index is 0.000000103. The van der Waals surface area contributed by atoms with E-state index in [1.54, 1.807) is 65.7 Å². The molecule has 0 amide bonds. The number of anilines is 11. The first-order chi connectivity index (χ1) is 64.7. The lowest BCUT2D eigenvalue weighted by atomic mass is 10.0. The largest absolute Gasteiger partial charge is 0.491 e. The van der Waals surface area contributed by atoms with Crippen LogP contribution in [0.2, 0.25) is 0 Å². The number of thiazole rings is 1. The zero-order valence-electron chi connectivity index (χ0n) is 73.7. The maximum Gasteiger partial charge on any atom is 0.188 e. The third kappa shape index (κ3) is 18.7. The van der Waals surface area contributed by atoms with E-state index in [2.05, 4.69) is 165 Å². The molecule has 9 N–H and O–H groups in total. The van der Waals surface area contributed by atoms with Crippen molar-refractivity contribution in [3.05, 3.63) is 268 Å². The fraction of sp³-hybridized carbons (Fsp3) is 0.234. The van der Waals surface area contributed by atoms with Crippen molar-refractivity contribution in [1.29, 1.82) is 0 Å². The molecular formula is C94H97N35O2S. The maximum atomic E-state index is 6.05. The highest BCUT2D eigenvalue weighted by atomic mass is 32.1. The van der Waals surface area contributed by atoms with Crippen LogP contribution in [-0.2, 0) is 54.6 Å². The molecule has 20 heterocycles. The van der Waals surface area contributed by atoms with E-state index in [-0.39, 0.29) is 12.2 Å². The second-order valence-electron chi connectivity index (χ2n) is 32.7. The molecule has 0 aliphatic carbocycles. The molecule has 4 aromatic carbocycles. The second kappa shape index (κ2) is 37.7. The first kappa shape index (κ1) is 84.1. The number of benzene rings is 4. The van der Waals surface area contributed by atoms with Crippen LogP contribution in [0.5, 0.6) is 11.5 Å². The number of nitrogens with one attached hydrogen (secondary N) is 9. The molecule has 20 aromatic rings. The van der Waals surface area contributed by atoms with Gasteiger partial charge in [0.15, 0.2) is 62.5 Å². The molecule has 2 fully saturated rings. The lowest BCUT2D eigenvalue weighted by Gasteiger charge is -2.19. The highest BCUT2D eigenvalue weighted by Crippen LogP contribution is 2.36. The number of imidazole rings is 5. The Morgan fingerprint density at radius 3 is 1.26 bits per heavy atom. The van der Waals surface area contributed by atoms with Gasteiger partial charge >= 0.3 is 0 Å². The van der Waals surface area contributed by atoms with Gasteiger partial charge in [-0.2, -0.15) is 25.5 Å². The Hall–Kier alpha value is -16.1. The van der Waals surface area contributed by atoms with Gasteiger partial charge in [0.1, 0.15) is 17.6 Å². The van der Waals surface area contributed by atoms with Crippen molar-refractivity contribution in [2.24, 2.45) is 35.2 Å². The third-order valence-electron chi connectivity index (χ3n) is 22.9. The van der Waals surface area contributed by atoms with Crippen molar-refractivity contribution in [2.75, 3.05) is 64.6 Å². The van der Waals surface area contributed by atoms with Gasteiger partial charge in [0, 0.05) is 222 Å². The second-order valence-corrected chi connectivity index (χ2v) is 33.6. The molecule has 4 aliphatic heterocycles.